The first-order chi connectivity index (χ1) is 5.36. The van der Waals surface area contributed by atoms with E-state index in [0.717, 1.165) is 12.2 Å². The molecule has 1 nitrogen and oxygen atoms in total. The quantitative estimate of drug-likeness (QED) is 0.724. The first-order valence-corrected chi connectivity index (χ1v) is 3.60. The summed E-state index contributed by atoms with van der Waals surface area (Å²) in [5.41, 5.74) is 1.24. The van der Waals surface area contributed by atoms with Crippen molar-refractivity contribution in [3.05, 3.63) is 42.5 Å². The number of halogens is 1. The molecule has 0 spiro atoms. The molecule has 1 aromatic rings. The van der Waals surface area contributed by atoms with Crippen molar-refractivity contribution in [3.8, 4) is 5.75 Å². The van der Waals surface area contributed by atoms with E-state index in [-0.39, 0.29) is 17.0 Å². The molecule has 0 unspecified atom stereocenters. The molecule has 0 fully saturated rings. The van der Waals surface area contributed by atoms with Crippen LogP contribution in [0.2, 0.25) is 0 Å². The third-order valence-corrected chi connectivity index (χ3v) is 1.51. The van der Waals surface area contributed by atoms with Gasteiger partial charge in [-0.3, -0.25) is 0 Å². The Morgan fingerprint density at radius 2 is 2.25 bits per heavy atom. The zero-order valence-corrected chi connectivity index (χ0v) is 8.83. The molecule has 0 aromatic heterocycles. The molecule has 66 valence electrons. The third kappa shape index (κ3) is 3.09. The van der Waals surface area contributed by atoms with E-state index in [2.05, 4.69) is 12.6 Å². The zero-order chi connectivity index (χ0) is 8.10. The summed E-state index contributed by atoms with van der Waals surface area (Å²) in [6.07, 6.45) is 2.78. The van der Waals surface area contributed by atoms with Crippen molar-refractivity contribution in [3.63, 3.8) is 0 Å². The predicted octanol–water partition coefficient (Wildman–Crippen LogP) is 3.00. The second-order valence-corrected chi connectivity index (χ2v) is 2.34. The maximum atomic E-state index is 5.07. The summed E-state index contributed by atoms with van der Waals surface area (Å²) in [5.74, 6) is 0.907. The fourth-order valence-electron chi connectivity index (χ4n) is 0.966. The molecule has 1 rings (SSSR count). The highest BCUT2D eigenvalue weighted by molar-refractivity contribution is 8.93. The molecular formula is C10H13BrO. The number of hydrogen-bond acceptors (Lipinski definition) is 1. The lowest BCUT2D eigenvalue weighted by Gasteiger charge is -2.00. The van der Waals surface area contributed by atoms with E-state index < -0.39 is 0 Å². The molecule has 1 aromatic carbocycles. The molecule has 0 aliphatic heterocycles. The van der Waals surface area contributed by atoms with Crippen molar-refractivity contribution in [2.24, 2.45) is 0 Å². The normalized spacial score (nSPS) is 8.42. The number of ether oxygens (including phenoxy) is 1. The van der Waals surface area contributed by atoms with Crippen molar-refractivity contribution in [1.82, 2.24) is 0 Å². The van der Waals surface area contributed by atoms with Gasteiger partial charge in [0.1, 0.15) is 5.75 Å². The van der Waals surface area contributed by atoms with E-state index >= 15 is 0 Å². The van der Waals surface area contributed by atoms with Crippen LogP contribution in [0.5, 0.6) is 5.75 Å². The molecule has 0 heterocycles. The van der Waals surface area contributed by atoms with Gasteiger partial charge in [-0.25, -0.2) is 0 Å². The Kier molecular flexibility index (Phi) is 5.47. The Balaban J connectivity index is 0.00000121. The van der Waals surface area contributed by atoms with Crippen molar-refractivity contribution in [1.29, 1.82) is 0 Å². The van der Waals surface area contributed by atoms with Crippen LogP contribution in [0.15, 0.2) is 36.9 Å². The fourth-order valence-corrected chi connectivity index (χ4v) is 0.966. The minimum atomic E-state index is 0. The minimum Gasteiger partial charge on any atom is -0.497 e. The summed E-state index contributed by atoms with van der Waals surface area (Å²) in [6.45, 7) is 3.67. The Hall–Kier alpha value is -0.760. The summed E-state index contributed by atoms with van der Waals surface area (Å²) in [5, 5.41) is 0. The van der Waals surface area contributed by atoms with Crippen molar-refractivity contribution >= 4 is 17.0 Å². The summed E-state index contributed by atoms with van der Waals surface area (Å²) >= 11 is 0. The van der Waals surface area contributed by atoms with Gasteiger partial charge >= 0.3 is 0 Å². The highest BCUT2D eigenvalue weighted by Crippen LogP contribution is 2.12. The molecule has 0 bridgehead atoms. The molecular weight excluding hydrogens is 216 g/mol. The summed E-state index contributed by atoms with van der Waals surface area (Å²) in [6, 6.07) is 8.00. The van der Waals surface area contributed by atoms with E-state index in [4.69, 9.17) is 4.74 Å². The summed E-state index contributed by atoms with van der Waals surface area (Å²) in [4.78, 5) is 0. The highest BCUT2D eigenvalue weighted by Gasteiger charge is 1.91. The standard InChI is InChI=1S/C10H12O.BrH/c1-3-5-9-6-4-7-10(8-9)11-2;/h3-4,6-8H,1,5H2,2H3;1H. The van der Waals surface area contributed by atoms with Crippen LogP contribution in [0.25, 0.3) is 0 Å². The van der Waals surface area contributed by atoms with Crippen molar-refractivity contribution in [2.75, 3.05) is 7.11 Å². The molecule has 0 saturated heterocycles. The first kappa shape index (κ1) is 11.2. The van der Waals surface area contributed by atoms with Crippen molar-refractivity contribution < 1.29 is 4.74 Å². The Bertz CT molecular complexity index is 245. The van der Waals surface area contributed by atoms with Gasteiger partial charge in [-0.05, 0) is 24.1 Å². The van der Waals surface area contributed by atoms with E-state index in [1.54, 1.807) is 7.11 Å². The number of hydrogen-bond donors (Lipinski definition) is 0. The number of allylic oxidation sites excluding steroid dienone is 1. The zero-order valence-electron chi connectivity index (χ0n) is 7.12. The topological polar surface area (TPSA) is 9.23 Å². The largest absolute Gasteiger partial charge is 0.497 e. The fraction of sp³-hybridized carbons (Fsp3) is 0.200. The first-order valence-electron chi connectivity index (χ1n) is 3.60. The molecule has 12 heavy (non-hydrogen) atoms. The molecule has 2 heteroatoms. The van der Waals surface area contributed by atoms with Crippen LogP contribution < -0.4 is 4.74 Å². The van der Waals surface area contributed by atoms with Crippen LogP contribution in [0.4, 0.5) is 0 Å². The van der Waals surface area contributed by atoms with Gasteiger partial charge in [0, 0.05) is 0 Å². The smallest absolute Gasteiger partial charge is 0.119 e. The van der Waals surface area contributed by atoms with Crippen molar-refractivity contribution in [2.45, 2.75) is 6.42 Å². The Morgan fingerprint density at radius 1 is 1.50 bits per heavy atom. The van der Waals surface area contributed by atoms with Gasteiger partial charge in [0.15, 0.2) is 0 Å². The van der Waals surface area contributed by atoms with Crippen LogP contribution in [-0.2, 0) is 6.42 Å². The summed E-state index contributed by atoms with van der Waals surface area (Å²) < 4.78 is 5.07. The van der Waals surface area contributed by atoms with Gasteiger partial charge in [-0.2, -0.15) is 0 Å². The van der Waals surface area contributed by atoms with Gasteiger partial charge < -0.3 is 4.74 Å². The van der Waals surface area contributed by atoms with E-state index in [1.165, 1.54) is 5.56 Å². The van der Waals surface area contributed by atoms with Gasteiger partial charge in [0.2, 0.25) is 0 Å². The molecule has 0 atom stereocenters. The van der Waals surface area contributed by atoms with E-state index in [1.807, 2.05) is 24.3 Å². The Morgan fingerprint density at radius 3 is 2.83 bits per heavy atom. The highest BCUT2D eigenvalue weighted by atomic mass is 79.9. The molecule has 0 saturated carbocycles. The average molecular weight is 229 g/mol. The monoisotopic (exact) mass is 228 g/mol. The molecule has 0 aliphatic rings. The van der Waals surface area contributed by atoms with Gasteiger partial charge in [-0.15, -0.1) is 23.6 Å². The van der Waals surface area contributed by atoms with E-state index in [9.17, 15) is 0 Å². The lowest BCUT2D eigenvalue weighted by Crippen LogP contribution is -1.84. The van der Waals surface area contributed by atoms with Crippen LogP contribution in [0.1, 0.15) is 5.56 Å². The number of benzene rings is 1. The molecule has 0 N–H and O–H groups in total. The van der Waals surface area contributed by atoms with Crippen LogP contribution >= 0.6 is 17.0 Å². The number of methoxy groups -OCH3 is 1. The lowest BCUT2D eigenvalue weighted by atomic mass is 10.1. The maximum Gasteiger partial charge on any atom is 0.119 e. The average Bonchev–Trinajstić information content (AvgIpc) is 2.06. The van der Waals surface area contributed by atoms with Crippen LogP contribution in [0, 0.1) is 0 Å². The Labute approximate surface area is 83.8 Å². The third-order valence-electron chi connectivity index (χ3n) is 1.51. The summed E-state index contributed by atoms with van der Waals surface area (Å²) in [7, 11) is 1.67. The SMILES string of the molecule is Br.C=CCc1cccc(OC)c1. The predicted molar refractivity (Wildman–Crippen MR) is 57.2 cm³/mol. The van der Waals surface area contributed by atoms with Gasteiger partial charge in [0.05, 0.1) is 7.11 Å². The molecule has 0 radical (unpaired) electrons. The van der Waals surface area contributed by atoms with Crippen LogP contribution in [0.3, 0.4) is 0 Å². The van der Waals surface area contributed by atoms with Crippen LogP contribution in [-0.4, -0.2) is 7.11 Å². The van der Waals surface area contributed by atoms with Gasteiger partial charge in [-0.1, -0.05) is 18.2 Å². The minimum absolute atomic E-state index is 0. The number of rotatable bonds is 3. The molecule has 0 aliphatic carbocycles. The van der Waals surface area contributed by atoms with Gasteiger partial charge in [0.25, 0.3) is 0 Å². The molecule has 0 amide bonds. The second kappa shape index (κ2) is 5.84. The lowest BCUT2D eigenvalue weighted by molar-refractivity contribution is 0.414. The second-order valence-electron chi connectivity index (χ2n) is 2.34. The maximum absolute atomic E-state index is 5.07. The van der Waals surface area contributed by atoms with E-state index in [0.29, 0.717) is 0 Å².